The van der Waals surface area contributed by atoms with E-state index in [0.29, 0.717) is 4.32 Å². The molecule has 1 aromatic carbocycles. The number of thiocarbonyl (C=S) groups is 1. The molecule has 1 nitrogen and oxygen atoms in total. The molecule has 2 N–H and O–H groups in total. The first kappa shape index (κ1) is 9.84. The van der Waals surface area contributed by atoms with Gasteiger partial charge in [-0.05, 0) is 11.6 Å². The zero-order chi connectivity index (χ0) is 8.97. The summed E-state index contributed by atoms with van der Waals surface area (Å²) < 4.78 is 0.454. The van der Waals surface area contributed by atoms with Crippen LogP contribution in [0.1, 0.15) is 5.56 Å². The average Bonchev–Trinajstić information content (AvgIpc) is 2.03. The molecule has 0 aliphatic carbocycles. The maximum absolute atomic E-state index is 5.91. The molecule has 1 rings (SSSR count). The van der Waals surface area contributed by atoms with E-state index >= 15 is 0 Å². The second-order valence-corrected chi connectivity index (χ2v) is 4.32. The Morgan fingerprint density at radius 1 is 1.50 bits per heavy atom. The number of halogens is 1. The number of hydrogen-bond donors (Lipinski definition) is 1. The summed E-state index contributed by atoms with van der Waals surface area (Å²) in [7, 11) is 0. The SMILES string of the molecule is NC(=S)SCc1ccccc1Cl. The molecule has 0 spiro atoms. The third-order valence-electron chi connectivity index (χ3n) is 1.33. The van der Waals surface area contributed by atoms with E-state index in [1.807, 2.05) is 24.3 Å². The van der Waals surface area contributed by atoms with Gasteiger partial charge < -0.3 is 5.73 Å². The largest absolute Gasteiger partial charge is 0.385 e. The second-order valence-electron chi connectivity index (χ2n) is 2.20. The van der Waals surface area contributed by atoms with Crippen LogP contribution in [0.25, 0.3) is 0 Å². The van der Waals surface area contributed by atoms with Crippen LogP contribution in [0.15, 0.2) is 24.3 Å². The highest BCUT2D eigenvalue weighted by Crippen LogP contribution is 2.20. The fraction of sp³-hybridized carbons (Fsp3) is 0.125. The molecule has 0 saturated carbocycles. The fourth-order valence-electron chi connectivity index (χ4n) is 0.764. The van der Waals surface area contributed by atoms with E-state index in [4.69, 9.17) is 29.6 Å². The van der Waals surface area contributed by atoms with Gasteiger partial charge in [-0.25, -0.2) is 0 Å². The number of benzene rings is 1. The van der Waals surface area contributed by atoms with Crippen molar-refractivity contribution in [3.63, 3.8) is 0 Å². The molecule has 0 unspecified atom stereocenters. The normalized spacial score (nSPS) is 9.75. The Morgan fingerprint density at radius 3 is 2.75 bits per heavy atom. The lowest BCUT2D eigenvalue weighted by atomic mass is 10.2. The second kappa shape index (κ2) is 4.70. The molecule has 0 radical (unpaired) electrons. The lowest BCUT2D eigenvalue weighted by Crippen LogP contribution is -2.01. The van der Waals surface area contributed by atoms with Crippen molar-refractivity contribution >= 4 is 39.9 Å². The summed E-state index contributed by atoms with van der Waals surface area (Å²) in [5.41, 5.74) is 6.41. The lowest BCUT2D eigenvalue weighted by molar-refractivity contribution is 1.42. The molecule has 0 atom stereocenters. The topological polar surface area (TPSA) is 26.0 Å². The molecule has 64 valence electrons. The van der Waals surface area contributed by atoms with Gasteiger partial charge in [0.25, 0.3) is 0 Å². The standard InChI is InChI=1S/C8H8ClNS2/c9-7-4-2-1-3-6(7)5-12-8(10)11/h1-4H,5H2,(H2,10,11). The Balaban J connectivity index is 2.63. The molecular formula is C8H8ClNS2. The monoisotopic (exact) mass is 217 g/mol. The molecular weight excluding hydrogens is 210 g/mol. The maximum atomic E-state index is 5.91. The minimum absolute atomic E-state index is 0.454. The van der Waals surface area contributed by atoms with Gasteiger partial charge in [0.1, 0.15) is 4.32 Å². The smallest absolute Gasteiger partial charge is 0.131 e. The van der Waals surface area contributed by atoms with Gasteiger partial charge in [0.2, 0.25) is 0 Å². The predicted molar refractivity (Wildman–Crippen MR) is 59.5 cm³/mol. The van der Waals surface area contributed by atoms with Crippen molar-refractivity contribution in [1.82, 2.24) is 0 Å². The Hall–Kier alpha value is -0.250. The number of rotatable bonds is 2. The van der Waals surface area contributed by atoms with Crippen molar-refractivity contribution in [2.45, 2.75) is 5.75 Å². The van der Waals surface area contributed by atoms with Gasteiger partial charge in [-0.3, -0.25) is 0 Å². The minimum atomic E-state index is 0.454. The number of hydrogen-bond acceptors (Lipinski definition) is 2. The molecule has 0 aliphatic heterocycles. The first-order chi connectivity index (χ1) is 5.70. The van der Waals surface area contributed by atoms with Crippen LogP contribution in [0.2, 0.25) is 5.02 Å². The molecule has 0 aliphatic rings. The molecule has 0 saturated heterocycles. The number of thioether (sulfide) groups is 1. The van der Waals surface area contributed by atoms with E-state index < -0.39 is 0 Å². The van der Waals surface area contributed by atoms with Gasteiger partial charge in [-0.1, -0.05) is 53.8 Å². The van der Waals surface area contributed by atoms with Crippen LogP contribution in [0.5, 0.6) is 0 Å². The lowest BCUT2D eigenvalue weighted by Gasteiger charge is -2.01. The molecule has 0 amide bonds. The summed E-state index contributed by atoms with van der Waals surface area (Å²) in [6.45, 7) is 0. The van der Waals surface area contributed by atoms with E-state index in [0.717, 1.165) is 16.3 Å². The highest BCUT2D eigenvalue weighted by atomic mass is 35.5. The van der Waals surface area contributed by atoms with Gasteiger partial charge in [-0.2, -0.15) is 0 Å². The van der Waals surface area contributed by atoms with Crippen LogP contribution < -0.4 is 5.73 Å². The molecule has 0 fully saturated rings. The van der Waals surface area contributed by atoms with Crippen LogP contribution in [-0.4, -0.2) is 4.32 Å². The van der Waals surface area contributed by atoms with Crippen LogP contribution in [0, 0.1) is 0 Å². The molecule has 4 heteroatoms. The first-order valence-electron chi connectivity index (χ1n) is 3.36. The summed E-state index contributed by atoms with van der Waals surface area (Å²) in [6.07, 6.45) is 0. The highest BCUT2D eigenvalue weighted by molar-refractivity contribution is 8.22. The molecule has 0 aromatic heterocycles. The fourth-order valence-corrected chi connectivity index (χ4v) is 1.77. The summed E-state index contributed by atoms with van der Waals surface area (Å²) >= 11 is 12.1. The quantitative estimate of drug-likeness (QED) is 0.772. The van der Waals surface area contributed by atoms with Crippen LogP contribution >= 0.6 is 35.6 Å². The molecule has 0 bridgehead atoms. The van der Waals surface area contributed by atoms with Crippen molar-refractivity contribution < 1.29 is 0 Å². The Labute approximate surface area is 86.3 Å². The van der Waals surface area contributed by atoms with Crippen molar-refractivity contribution in [3.8, 4) is 0 Å². The van der Waals surface area contributed by atoms with Gasteiger partial charge in [-0.15, -0.1) is 0 Å². The summed E-state index contributed by atoms with van der Waals surface area (Å²) in [5.74, 6) is 0.745. The van der Waals surface area contributed by atoms with E-state index in [2.05, 4.69) is 0 Å². The Bertz CT molecular complexity index is 288. The Morgan fingerprint density at radius 2 is 2.17 bits per heavy atom. The van der Waals surface area contributed by atoms with Crippen LogP contribution in [0.4, 0.5) is 0 Å². The van der Waals surface area contributed by atoms with E-state index in [1.165, 1.54) is 11.8 Å². The van der Waals surface area contributed by atoms with E-state index in [9.17, 15) is 0 Å². The summed E-state index contributed by atoms with van der Waals surface area (Å²) in [6, 6.07) is 7.67. The van der Waals surface area contributed by atoms with Gasteiger partial charge in [0.05, 0.1) is 0 Å². The van der Waals surface area contributed by atoms with Crippen LogP contribution in [0.3, 0.4) is 0 Å². The molecule has 12 heavy (non-hydrogen) atoms. The summed E-state index contributed by atoms with van der Waals surface area (Å²) in [5, 5.41) is 0.765. The maximum Gasteiger partial charge on any atom is 0.131 e. The van der Waals surface area contributed by atoms with Gasteiger partial charge in [0.15, 0.2) is 0 Å². The first-order valence-corrected chi connectivity index (χ1v) is 5.13. The third kappa shape index (κ3) is 3.01. The zero-order valence-corrected chi connectivity index (χ0v) is 8.68. The van der Waals surface area contributed by atoms with E-state index in [1.54, 1.807) is 0 Å². The Kier molecular flexibility index (Phi) is 3.85. The van der Waals surface area contributed by atoms with E-state index in [-0.39, 0.29) is 0 Å². The van der Waals surface area contributed by atoms with Crippen molar-refractivity contribution in [2.24, 2.45) is 5.73 Å². The van der Waals surface area contributed by atoms with Crippen molar-refractivity contribution in [1.29, 1.82) is 0 Å². The van der Waals surface area contributed by atoms with Crippen molar-refractivity contribution in [3.05, 3.63) is 34.9 Å². The van der Waals surface area contributed by atoms with Crippen LogP contribution in [-0.2, 0) is 5.75 Å². The zero-order valence-electron chi connectivity index (χ0n) is 6.29. The third-order valence-corrected chi connectivity index (χ3v) is 2.79. The van der Waals surface area contributed by atoms with Crippen molar-refractivity contribution in [2.75, 3.05) is 0 Å². The number of nitrogens with two attached hydrogens (primary N) is 1. The predicted octanol–water partition coefficient (Wildman–Crippen LogP) is 2.82. The minimum Gasteiger partial charge on any atom is -0.385 e. The molecule has 0 heterocycles. The van der Waals surface area contributed by atoms with Gasteiger partial charge in [0, 0.05) is 10.8 Å². The average molecular weight is 218 g/mol. The highest BCUT2D eigenvalue weighted by Gasteiger charge is 1.99. The van der Waals surface area contributed by atoms with Gasteiger partial charge >= 0.3 is 0 Å². The summed E-state index contributed by atoms with van der Waals surface area (Å²) in [4.78, 5) is 0. The molecule has 1 aromatic rings.